The van der Waals surface area contributed by atoms with Crippen molar-refractivity contribution in [3.8, 4) is 5.69 Å². The lowest BCUT2D eigenvalue weighted by Gasteiger charge is -2.21. The number of nitrogens with one attached hydrogen (secondary N) is 2. The van der Waals surface area contributed by atoms with Gasteiger partial charge in [0.05, 0.1) is 5.69 Å². The van der Waals surface area contributed by atoms with Gasteiger partial charge >= 0.3 is 5.69 Å². The fourth-order valence-corrected chi connectivity index (χ4v) is 3.54. The van der Waals surface area contributed by atoms with Gasteiger partial charge in [-0.15, -0.1) is 0 Å². The number of para-hydroxylation sites is 2. The molecule has 3 aromatic carbocycles. The van der Waals surface area contributed by atoms with Crippen LogP contribution in [-0.2, 0) is 6.54 Å². The largest absolute Gasteiger partial charge is 0.370 e. The van der Waals surface area contributed by atoms with Crippen molar-refractivity contribution in [2.24, 2.45) is 0 Å². The third-order valence-electron chi connectivity index (χ3n) is 5.22. The quantitative estimate of drug-likeness (QED) is 0.494. The van der Waals surface area contributed by atoms with Gasteiger partial charge in [0.2, 0.25) is 0 Å². The molecule has 31 heavy (non-hydrogen) atoms. The summed E-state index contributed by atoms with van der Waals surface area (Å²) >= 11 is 0. The number of hydrogen-bond donors (Lipinski definition) is 2. The summed E-state index contributed by atoms with van der Waals surface area (Å²) < 4.78 is 1.57. The van der Waals surface area contributed by atoms with E-state index in [1.165, 1.54) is 0 Å². The molecular weight excluding hydrogens is 388 g/mol. The van der Waals surface area contributed by atoms with E-state index in [9.17, 15) is 9.59 Å². The second kappa shape index (κ2) is 8.75. The molecule has 1 heterocycles. The van der Waals surface area contributed by atoms with Gasteiger partial charge in [0.15, 0.2) is 0 Å². The summed E-state index contributed by atoms with van der Waals surface area (Å²) in [4.78, 5) is 29.6. The molecule has 0 saturated carbocycles. The number of anilines is 2. The average Bonchev–Trinajstić information content (AvgIpc) is 3.13. The van der Waals surface area contributed by atoms with Crippen LogP contribution in [0.4, 0.5) is 11.4 Å². The Kier molecular flexibility index (Phi) is 5.71. The van der Waals surface area contributed by atoms with Crippen LogP contribution < -0.4 is 15.9 Å². The Morgan fingerprint density at radius 3 is 2.32 bits per heavy atom. The van der Waals surface area contributed by atoms with Gasteiger partial charge in [-0.3, -0.25) is 9.36 Å². The van der Waals surface area contributed by atoms with Crippen LogP contribution in [0, 0.1) is 6.92 Å². The first-order chi connectivity index (χ1) is 15.0. The van der Waals surface area contributed by atoms with E-state index in [4.69, 9.17) is 0 Å². The van der Waals surface area contributed by atoms with Gasteiger partial charge < -0.3 is 15.2 Å². The number of hydrogen-bond acceptors (Lipinski definition) is 3. The van der Waals surface area contributed by atoms with Crippen molar-refractivity contribution in [3.05, 3.63) is 112 Å². The maximum atomic E-state index is 12.9. The second-order valence-electron chi connectivity index (χ2n) is 7.42. The molecule has 0 spiro atoms. The number of imidazole rings is 1. The van der Waals surface area contributed by atoms with E-state index in [0.29, 0.717) is 17.8 Å². The van der Waals surface area contributed by atoms with Gasteiger partial charge in [-0.05, 0) is 55.0 Å². The molecule has 0 atom stereocenters. The van der Waals surface area contributed by atoms with Crippen LogP contribution in [0.1, 0.15) is 21.6 Å². The van der Waals surface area contributed by atoms with Crippen molar-refractivity contribution in [1.29, 1.82) is 0 Å². The summed E-state index contributed by atoms with van der Waals surface area (Å²) in [6, 6.07) is 24.9. The number of H-pyrrole nitrogens is 1. The molecule has 6 nitrogen and oxygen atoms in total. The zero-order valence-electron chi connectivity index (χ0n) is 17.5. The Morgan fingerprint density at radius 1 is 0.968 bits per heavy atom. The average molecular weight is 412 g/mol. The van der Waals surface area contributed by atoms with Crippen molar-refractivity contribution in [1.82, 2.24) is 9.55 Å². The van der Waals surface area contributed by atoms with E-state index < -0.39 is 0 Å². The third-order valence-corrected chi connectivity index (χ3v) is 5.22. The Bertz CT molecular complexity index is 1240. The Balaban J connectivity index is 1.51. The normalized spacial score (nSPS) is 10.6. The van der Waals surface area contributed by atoms with Gasteiger partial charge in [0.25, 0.3) is 5.91 Å². The number of aromatic amines is 1. The minimum Gasteiger partial charge on any atom is -0.370 e. The molecule has 0 bridgehead atoms. The minimum absolute atomic E-state index is 0.195. The zero-order chi connectivity index (χ0) is 21.8. The van der Waals surface area contributed by atoms with Crippen molar-refractivity contribution in [2.75, 3.05) is 17.3 Å². The lowest BCUT2D eigenvalue weighted by atomic mass is 10.1. The summed E-state index contributed by atoms with van der Waals surface area (Å²) in [7, 11) is 2.03. The van der Waals surface area contributed by atoms with E-state index >= 15 is 0 Å². The third kappa shape index (κ3) is 4.43. The van der Waals surface area contributed by atoms with E-state index in [-0.39, 0.29) is 11.6 Å². The maximum absolute atomic E-state index is 12.9. The molecule has 0 aliphatic rings. The predicted molar refractivity (Wildman–Crippen MR) is 124 cm³/mol. The van der Waals surface area contributed by atoms with Crippen LogP contribution in [0.15, 0.2) is 89.9 Å². The lowest BCUT2D eigenvalue weighted by molar-refractivity contribution is 0.102. The highest BCUT2D eigenvalue weighted by Gasteiger charge is 2.12. The number of carbonyl (C=O) groups is 1. The zero-order valence-corrected chi connectivity index (χ0v) is 17.5. The van der Waals surface area contributed by atoms with Crippen LogP contribution in [0.3, 0.4) is 0 Å². The highest BCUT2D eigenvalue weighted by atomic mass is 16.2. The molecule has 156 valence electrons. The Labute approximate surface area is 180 Å². The van der Waals surface area contributed by atoms with Gasteiger partial charge in [0, 0.05) is 42.4 Å². The summed E-state index contributed by atoms with van der Waals surface area (Å²) in [6.07, 6.45) is 1.66. The van der Waals surface area contributed by atoms with Gasteiger partial charge in [-0.2, -0.15) is 0 Å². The summed E-state index contributed by atoms with van der Waals surface area (Å²) in [5.74, 6) is -0.195. The number of aromatic nitrogens is 2. The highest BCUT2D eigenvalue weighted by molar-refractivity contribution is 6.04. The molecule has 0 saturated heterocycles. The van der Waals surface area contributed by atoms with E-state index in [1.807, 2.05) is 56.4 Å². The van der Waals surface area contributed by atoms with E-state index in [1.54, 1.807) is 35.0 Å². The van der Waals surface area contributed by atoms with Crippen LogP contribution in [0.2, 0.25) is 0 Å². The van der Waals surface area contributed by atoms with Gasteiger partial charge in [0.1, 0.15) is 0 Å². The number of rotatable bonds is 6. The van der Waals surface area contributed by atoms with Crippen LogP contribution in [0.5, 0.6) is 0 Å². The topological polar surface area (TPSA) is 70.1 Å². The van der Waals surface area contributed by atoms with Crippen LogP contribution >= 0.6 is 0 Å². The predicted octanol–water partition coefficient (Wildman–Crippen LogP) is 4.36. The fourth-order valence-electron chi connectivity index (χ4n) is 3.54. The van der Waals surface area contributed by atoms with Crippen LogP contribution in [-0.4, -0.2) is 22.5 Å². The molecule has 1 amide bonds. The van der Waals surface area contributed by atoms with Crippen molar-refractivity contribution in [2.45, 2.75) is 13.5 Å². The molecule has 2 N–H and O–H groups in total. The molecule has 4 rings (SSSR count). The highest BCUT2D eigenvalue weighted by Crippen LogP contribution is 2.21. The monoisotopic (exact) mass is 412 g/mol. The minimum atomic E-state index is -0.203. The second-order valence-corrected chi connectivity index (χ2v) is 7.42. The summed E-state index contributed by atoms with van der Waals surface area (Å²) in [5, 5.41) is 3.02. The number of carbonyl (C=O) groups excluding carboxylic acids is 1. The number of aryl methyl sites for hydroxylation is 1. The molecule has 0 radical (unpaired) electrons. The molecule has 1 aromatic heterocycles. The van der Waals surface area contributed by atoms with Gasteiger partial charge in [-0.25, -0.2) is 4.79 Å². The Hall–Kier alpha value is -4.06. The fraction of sp³-hybridized carbons (Fsp3) is 0.120. The Morgan fingerprint density at radius 2 is 1.65 bits per heavy atom. The number of nitrogens with zero attached hydrogens (tertiary/aromatic N) is 2. The first kappa shape index (κ1) is 20.2. The first-order valence-electron chi connectivity index (χ1n) is 10.1. The smallest absolute Gasteiger partial charge is 0.330 e. The SMILES string of the molecule is Cc1c[nH]c(=O)n1-c1ccc(C(=O)Nc2ccccc2CN(C)c2ccccc2)cc1. The van der Waals surface area contributed by atoms with E-state index in [0.717, 1.165) is 22.6 Å². The molecule has 0 fully saturated rings. The summed E-state index contributed by atoms with van der Waals surface area (Å²) in [6.45, 7) is 2.51. The van der Waals surface area contributed by atoms with Crippen molar-refractivity contribution < 1.29 is 4.79 Å². The maximum Gasteiger partial charge on any atom is 0.330 e. The first-order valence-corrected chi connectivity index (χ1v) is 10.1. The molecule has 0 aliphatic heterocycles. The molecule has 4 aromatic rings. The molecule has 0 aliphatic carbocycles. The van der Waals surface area contributed by atoms with E-state index in [2.05, 4.69) is 27.3 Å². The van der Waals surface area contributed by atoms with Crippen molar-refractivity contribution >= 4 is 17.3 Å². The molecule has 0 unspecified atom stereocenters. The number of amides is 1. The van der Waals surface area contributed by atoms with Crippen molar-refractivity contribution in [3.63, 3.8) is 0 Å². The van der Waals surface area contributed by atoms with Gasteiger partial charge in [-0.1, -0.05) is 36.4 Å². The van der Waals surface area contributed by atoms with Crippen LogP contribution in [0.25, 0.3) is 5.69 Å². The lowest BCUT2D eigenvalue weighted by Crippen LogP contribution is -2.19. The standard InChI is InChI=1S/C25H24N4O2/c1-18-16-26-25(31)29(18)22-14-12-19(13-15-22)24(30)27-23-11-7-6-8-20(23)17-28(2)21-9-4-3-5-10-21/h3-16H,17H2,1-2H3,(H,26,31)(H,27,30). The molecular formula is C25H24N4O2. The summed E-state index contributed by atoms with van der Waals surface area (Å²) in [5.41, 5.74) is 4.74. The molecule has 6 heteroatoms. The number of benzene rings is 3.